The third-order valence-electron chi connectivity index (χ3n) is 3.71. The number of ether oxygens (including phenoxy) is 2. The second kappa shape index (κ2) is 7.53. The van der Waals surface area contributed by atoms with E-state index >= 15 is 0 Å². The van der Waals surface area contributed by atoms with Gasteiger partial charge in [0.2, 0.25) is 0 Å². The van der Waals surface area contributed by atoms with Crippen LogP contribution >= 0.6 is 0 Å². The van der Waals surface area contributed by atoms with E-state index in [1.54, 1.807) is 0 Å². The van der Waals surface area contributed by atoms with Crippen LogP contribution in [0.5, 0.6) is 11.5 Å². The van der Waals surface area contributed by atoms with E-state index in [4.69, 9.17) is 9.47 Å². The Bertz CT molecular complexity index is 411. The molecule has 0 radical (unpaired) electrons. The summed E-state index contributed by atoms with van der Waals surface area (Å²) >= 11 is 0. The molecule has 0 saturated heterocycles. The molecule has 1 aromatic rings. The van der Waals surface area contributed by atoms with Crippen LogP contribution in [0.15, 0.2) is 18.2 Å². The second-order valence-corrected chi connectivity index (χ2v) is 5.39. The van der Waals surface area contributed by atoms with E-state index in [1.807, 2.05) is 13.0 Å². The number of para-hydroxylation sites is 1. The lowest BCUT2D eigenvalue weighted by Gasteiger charge is -2.21. The number of nitrogens with one attached hydrogen (secondary N) is 1. The summed E-state index contributed by atoms with van der Waals surface area (Å²) in [5.41, 5.74) is 1.20. The van der Waals surface area contributed by atoms with E-state index in [2.05, 4.69) is 31.3 Å². The van der Waals surface area contributed by atoms with Crippen LogP contribution in [0.4, 0.5) is 0 Å². The average molecular weight is 277 g/mol. The average Bonchev–Trinajstić information content (AvgIpc) is 3.28. The molecule has 1 aliphatic carbocycles. The highest BCUT2D eigenvalue weighted by atomic mass is 16.5. The van der Waals surface area contributed by atoms with Gasteiger partial charge in [-0.15, -0.1) is 0 Å². The van der Waals surface area contributed by atoms with Crippen LogP contribution < -0.4 is 14.8 Å². The van der Waals surface area contributed by atoms with Gasteiger partial charge in [-0.05, 0) is 38.7 Å². The van der Waals surface area contributed by atoms with Gasteiger partial charge >= 0.3 is 0 Å². The van der Waals surface area contributed by atoms with Gasteiger partial charge in [-0.3, -0.25) is 0 Å². The van der Waals surface area contributed by atoms with Crippen molar-refractivity contribution in [3.63, 3.8) is 0 Å². The first-order chi connectivity index (χ1) is 9.78. The molecule has 1 N–H and O–H groups in total. The maximum Gasteiger partial charge on any atom is 0.166 e. The minimum atomic E-state index is 0.260. The molecular weight excluding hydrogens is 250 g/mol. The first kappa shape index (κ1) is 15.2. The summed E-state index contributed by atoms with van der Waals surface area (Å²) in [6.07, 6.45) is 4.90. The van der Waals surface area contributed by atoms with Gasteiger partial charge in [0.25, 0.3) is 0 Å². The molecule has 112 valence electrons. The molecule has 1 saturated carbocycles. The molecule has 0 heterocycles. The first-order valence-electron chi connectivity index (χ1n) is 7.93. The van der Waals surface area contributed by atoms with Gasteiger partial charge in [-0.1, -0.05) is 26.0 Å². The predicted octanol–water partition coefficient (Wildman–Crippen LogP) is 3.90. The molecule has 1 aliphatic rings. The third-order valence-corrected chi connectivity index (χ3v) is 3.71. The van der Waals surface area contributed by atoms with E-state index in [-0.39, 0.29) is 6.10 Å². The molecule has 2 rings (SSSR count). The lowest BCUT2D eigenvalue weighted by atomic mass is 10.1. The van der Waals surface area contributed by atoms with E-state index in [1.165, 1.54) is 18.4 Å². The SMILES string of the molecule is CCOc1cccc(CNC2CC2)c1OC(CC)CC. The molecule has 1 aromatic carbocycles. The van der Waals surface area contributed by atoms with Crippen molar-refractivity contribution in [2.45, 2.75) is 65.1 Å². The first-order valence-corrected chi connectivity index (χ1v) is 7.93. The molecule has 0 spiro atoms. The van der Waals surface area contributed by atoms with Crippen molar-refractivity contribution in [3.05, 3.63) is 23.8 Å². The minimum Gasteiger partial charge on any atom is -0.490 e. The lowest BCUT2D eigenvalue weighted by molar-refractivity contribution is 0.179. The third kappa shape index (κ3) is 4.14. The quantitative estimate of drug-likeness (QED) is 0.742. The maximum absolute atomic E-state index is 6.22. The van der Waals surface area contributed by atoms with Crippen LogP contribution in [0.25, 0.3) is 0 Å². The Labute approximate surface area is 122 Å². The molecule has 0 unspecified atom stereocenters. The van der Waals surface area contributed by atoms with Crippen LogP contribution in [0, 0.1) is 0 Å². The van der Waals surface area contributed by atoms with Crippen molar-refractivity contribution in [1.82, 2.24) is 5.32 Å². The van der Waals surface area contributed by atoms with E-state index in [9.17, 15) is 0 Å². The summed E-state index contributed by atoms with van der Waals surface area (Å²) in [6.45, 7) is 7.87. The molecule has 1 fully saturated rings. The highest BCUT2D eigenvalue weighted by Crippen LogP contribution is 2.33. The Morgan fingerprint density at radius 3 is 2.55 bits per heavy atom. The maximum atomic E-state index is 6.22. The summed E-state index contributed by atoms with van der Waals surface area (Å²) < 4.78 is 12.0. The van der Waals surface area contributed by atoms with Gasteiger partial charge in [0.1, 0.15) is 0 Å². The molecule has 0 aromatic heterocycles. The molecule has 3 heteroatoms. The van der Waals surface area contributed by atoms with Crippen molar-refractivity contribution in [2.75, 3.05) is 6.61 Å². The normalized spacial score (nSPS) is 14.6. The Balaban J connectivity index is 2.16. The summed E-state index contributed by atoms with van der Waals surface area (Å²) in [7, 11) is 0. The predicted molar refractivity (Wildman–Crippen MR) is 82.5 cm³/mol. The zero-order valence-corrected chi connectivity index (χ0v) is 12.9. The monoisotopic (exact) mass is 277 g/mol. The number of benzene rings is 1. The summed E-state index contributed by atoms with van der Waals surface area (Å²) in [6, 6.07) is 6.89. The van der Waals surface area contributed by atoms with Crippen LogP contribution in [0.2, 0.25) is 0 Å². The highest BCUT2D eigenvalue weighted by Gasteiger charge is 2.22. The van der Waals surface area contributed by atoms with Gasteiger partial charge < -0.3 is 14.8 Å². The van der Waals surface area contributed by atoms with Crippen LogP contribution in [-0.4, -0.2) is 18.8 Å². The van der Waals surface area contributed by atoms with Crippen molar-refractivity contribution < 1.29 is 9.47 Å². The molecule has 0 aliphatic heterocycles. The molecule has 0 amide bonds. The van der Waals surface area contributed by atoms with Crippen LogP contribution in [-0.2, 0) is 6.54 Å². The fourth-order valence-electron chi connectivity index (χ4n) is 2.27. The van der Waals surface area contributed by atoms with Gasteiger partial charge in [-0.2, -0.15) is 0 Å². The van der Waals surface area contributed by atoms with Crippen molar-refractivity contribution in [2.24, 2.45) is 0 Å². The Morgan fingerprint density at radius 1 is 1.20 bits per heavy atom. The van der Waals surface area contributed by atoms with Gasteiger partial charge in [0.05, 0.1) is 12.7 Å². The van der Waals surface area contributed by atoms with Crippen LogP contribution in [0.3, 0.4) is 0 Å². The fraction of sp³-hybridized carbons (Fsp3) is 0.647. The topological polar surface area (TPSA) is 30.5 Å². The molecule has 0 bridgehead atoms. The zero-order valence-electron chi connectivity index (χ0n) is 12.9. The largest absolute Gasteiger partial charge is 0.490 e. The Morgan fingerprint density at radius 2 is 1.95 bits per heavy atom. The highest BCUT2D eigenvalue weighted by molar-refractivity contribution is 5.47. The number of hydrogen-bond donors (Lipinski definition) is 1. The van der Waals surface area contributed by atoms with E-state index < -0.39 is 0 Å². The summed E-state index contributed by atoms with van der Waals surface area (Å²) in [4.78, 5) is 0. The standard InChI is InChI=1S/C17H27NO2/c1-4-15(5-2)20-17-13(12-18-14-10-11-14)8-7-9-16(17)19-6-3/h7-9,14-15,18H,4-6,10-12H2,1-3H3. The zero-order chi connectivity index (χ0) is 14.4. The van der Waals surface area contributed by atoms with E-state index in [0.717, 1.165) is 30.9 Å². The van der Waals surface area contributed by atoms with E-state index in [0.29, 0.717) is 12.6 Å². The summed E-state index contributed by atoms with van der Waals surface area (Å²) in [5, 5.41) is 3.56. The van der Waals surface area contributed by atoms with Crippen molar-refractivity contribution in [1.29, 1.82) is 0 Å². The van der Waals surface area contributed by atoms with Crippen molar-refractivity contribution >= 4 is 0 Å². The fourth-order valence-corrected chi connectivity index (χ4v) is 2.27. The van der Waals surface area contributed by atoms with Crippen molar-refractivity contribution in [3.8, 4) is 11.5 Å². The smallest absolute Gasteiger partial charge is 0.166 e. The summed E-state index contributed by atoms with van der Waals surface area (Å²) in [5.74, 6) is 1.80. The van der Waals surface area contributed by atoms with Gasteiger partial charge in [0.15, 0.2) is 11.5 Å². The van der Waals surface area contributed by atoms with Crippen LogP contribution in [0.1, 0.15) is 52.0 Å². The molecular formula is C17H27NO2. The Hall–Kier alpha value is -1.22. The van der Waals surface area contributed by atoms with Gasteiger partial charge in [0, 0.05) is 18.2 Å². The lowest BCUT2D eigenvalue weighted by Crippen LogP contribution is -2.19. The van der Waals surface area contributed by atoms with Gasteiger partial charge in [-0.25, -0.2) is 0 Å². The Kier molecular flexibility index (Phi) is 5.72. The number of hydrogen-bond acceptors (Lipinski definition) is 3. The molecule has 20 heavy (non-hydrogen) atoms. The molecule has 0 atom stereocenters. The number of rotatable bonds is 9. The minimum absolute atomic E-state index is 0.260. The molecule has 3 nitrogen and oxygen atoms in total. The second-order valence-electron chi connectivity index (χ2n) is 5.39.